The largest absolute Gasteiger partial charge is 0.486 e. The molecule has 0 bridgehead atoms. The first-order valence-corrected chi connectivity index (χ1v) is 10.1. The topological polar surface area (TPSA) is 79.5 Å². The number of amides is 1. The number of nitrogens with one attached hydrogen (secondary N) is 2. The van der Waals surface area contributed by atoms with Crippen LogP contribution in [-0.2, 0) is 11.3 Å². The van der Waals surface area contributed by atoms with Gasteiger partial charge >= 0.3 is 0 Å². The van der Waals surface area contributed by atoms with E-state index in [1.165, 1.54) is 0 Å². The molecule has 3 heterocycles. The second-order valence-electron chi connectivity index (χ2n) is 7.60. The summed E-state index contributed by atoms with van der Waals surface area (Å²) in [5.74, 6) is 2.49. The Kier molecular flexibility index (Phi) is 4.81. The van der Waals surface area contributed by atoms with Crippen LogP contribution in [0.3, 0.4) is 0 Å². The third kappa shape index (κ3) is 3.91. The van der Waals surface area contributed by atoms with Crippen LogP contribution in [0.2, 0.25) is 0 Å². The Hall–Kier alpha value is -3.06. The van der Waals surface area contributed by atoms with Gasteiger partial charge in [0.1, 0.15) is 19.0 Å². The number of piperidine rings is 1. The number of hydrogen-bond donors (Lipinski definition) is 2. The number of rotatable bonds is 4. The summed E-state index contributed by atoms with van der Waals surface area (Å²) in [7, 11) is 0. The van der Waals surface area contributed by atoms with Crippen LogP contribution in [-0.4, -0.2) is 47.1 Å². The molecule has 5 rings (SSSR count). The Bertz CT molecular complexity index is 991. The van der Waals surface area contributed by atoms with E-state index in [1.807, 2.05) is 42.5 Å². The maximum atomic E-state index is 12.7. The first kappa shape index (κ1) is 18.0. The van der Waals surface area contributed by atoms with E-state index in [2.05, 4.69) is 20.2 Å². The van der Waals surface area contributed by atoms with Crippen molar-refractivity contribution in [2.75, 3.05) is 31.6 Å². The number of H-pyrrole nitrogens is 1. The molecule has 2 N–H and O–H groups in total. The molecule has 7 nitrogen and oxygen atoms in total. The zero-order valence-electron chi connectivity index (χ0n) is 16.2. The number of anilines is 1. The number of fused-ring (bicyclic) bond motifs is 2. The molecule has 2 aliphatic heterocycles. The van der Waals surface area contributed by atoms with Crippen molar-refractivity contribution in [2.24, 2.45) is 5.92 Å². The smallest absolute Gasteiger partial charge is 0.227 e. The quantitative estimate of drug-likeness (QED) is 0.713. The highest BCUT2D eigenvalue weighted by Gasteiger charge is 2.26. The molecule has 0 spiro atoms. The molecule has 3 aromatic rings. The highest BCUT2D eigenvalue weighted by Crippen LogP contribution is 2.33. The van der Waals surface area contributed by atoms with Crippen molar-refractivity contribution < 1.29 is 14.3 Å². The van der Waals surface area contributed by atoms with Gasteiger partial charge < -0.3 is 19.8 Å². The number of para-hydroxylation sites is 2. The Balaban J connectivity index is 1.15. The second kappa shape index (κ2) is 7.75. The van der Waals surface area contributed by atoms with Crippen molar-refractivity contribution in [2.45, 2.75) is 19.4 Å². The van der Waals surface area contributed by atoms with Gasteiger partial charge in [-0.3, -0.25) is 9.69 Å². The molecule has 1 amide bonds. The fourth-order valence-electron chi connectivity index (χ4n) is 4.01. The second-order valence-corrected chi connectivity index (χ2v) is 7.60. The molecule has 0 aliphatic carbocycles. The Labute approximate surface area is 169 Å². The lowest BCUT2D eigenvalue weighted by molar-refractivity contribution is -0.121. The van der Waals surface area contributed by atoms with Crippen LogP contribution in [0.15, 0.2) is 42.5 Å². The van der Waals surface area contributed by atoms with Gasteiger partial charge in [-0.2, -0.15) is 0 Å². The molecule has 0 unspecified atom stereocenters. The number of carbonyl (C=O) groups is 1. The van der Waals surface area contributed by atoms with Gasteiger partial charge in [0.15, 0.2) is 11.5 Å². The normalized spacial score (nSPS) is 17.4. The minimum absolute atomic E-state index is 0.0233. The third-order valence-corrected chi connectivity index (χ3v) is 5.58. The van der Waals surface area contributed by atoms with Crippen molar-refractivity contribution >= 4 is 22.6 Å². The van der Waals surface area contributed by atoms with Crippen LogP contribution < -0.4 is 14.8 Å². The van der Waals surface area contributed by atoms with Crippen LogP contribution in [0, 0.1) is 5.92 Å². The highest BCUT2D eigenvalue weighted by molar-refractivity contribution is 5.93. The third-order valence-electron chi connectivity index (χ3n) is 5.58. The molecule has 2 aromatic carbocycles. The van der Waals surface area contributed by atoms with Crippen molar-refractivity contribution in [1.82, 2.24) is 14.9 Å². The van der Waals surface area contributed by atoms with Crippen LogP contribution in [0.25, 0.3) is 11.0 Å². The fourth-order valence-corrected chi connectivity index (χ4v) is 4.01. The standard InChI is InChI=1S/C22H24N4O3/c27-22(23-16-5-6-19-20(13-16)29-12-11-28-19)15-7-9-26(10-8-15)14-21-24-17-3-1-2-4-18(17)25-21/h1-6,13,15H,7-12,14H2,(H,23,27)(H,24,25). The molecular weight excluding hydrogens is 368 g/mol. The monoisotopic (exact) mass is 392 g/mol. The van der Waals surface area contributed by atoms with Crippen molar-refractivity contribution in [3.8, 4) is 11.5 Å². The maximum absolute atomic E-state index is 12.7. The molecule has 1 fully saturated rings. The molecule has 29 heavy (non-hydrogen) atoms. The number of likely N-dealkylation sites (tertiary alicyclic amines) is 1. The summed E-state index contributed by atoms with van der Waals surface area (Å²) in [4.78, 5) is 23.1. The number of aromatic nitrogens is 2. The van der Waals surface area contributed by atoms with Gasteiger partial charge in [0.05, 0.1) is 17.6 Å². The van der Waals surface area contributed by atoms with Crippen LogP contribution in [0.1, 0.15) is 18.7 Å². The van der Waals surface area contributed by atoms with Gasteiger partial charge in [-0.1, -0.05) is 12.1 Å². The summed E-state index contributed by atoms with van der Waals surface area (Å²) >= 11 is 0. The number of imidazole rings is 1. The maximum Gasteiger partial charge on any atom is 0.227 e. The Morgan fingerprint density at radius 1 is 1.10 bits per heavy atom. The molecule has 2 aliphatic rings. The number of carbonyl (C=O) groups excluding carboxylic acids is 1. The summed E-state index contributed by atoms with van der Waals surface area (Å²) in [6.45, 7) is 3.65. The molecule has 0 radical (unpaired) electrons. The zero-order chi connectivity index (χ0) is 19.6. The summed E-state index contributed by atoms with van der Waals surface area (Å²) in [5, 5.41) is 3.03. The van der Waals surface area contributed by atoms with Crippen LogP contribution in [0.5, 0.6) is 11.5 Å². The van der Waals surface area contributed by atoms with Gasteiger partial charge in [-0.15, -0.1) is 0 Å². The first-order valence-electron chi connectivity index (χ1n) is 10.1. The minimum atomic E-state index is 0.0233. The molecule has 1 aromatic heterocycles. The summed E-state index contributed by atoms with van der Waals surface area (Å²) in [6, 6.07) is 13.6. The lowest BCUT2D eigenvalue weighted by Gasteiger charge is -2.30. The van der Waals surface area contributed by atoms with Gasteiger partial charge in [-0.25, -0.2) is 4.98 Å². The zero-order valence-corrected chi connectivity index (χ0v) is 16.2. The van der Waals surface area contributed by atoms with Crippen LogP contribution >= 0.6 is 0 Å². The number of benzene rings is 2. The lowest BCUT2D eigenvalue weighted by atomic mass is 9.96. The van der Waals surface area contributed by atoms with E-state index in [1.54, 1.807) is 0 Å². The number of ether oxygens (including phenoxy) is 2. The number of nitrogens with zero attached hydrogens (tertiary/aromatic N) is 2. The molecule has 7 heteroatoms. The van der Waals surface area contributed by atoms with Crippen molar-refractivity contribution in [1.29, 1.82) is 0 Å². The van der Waals surface area contributed by atoms with E-state index >= 15 is 0 Å². The average molecular weight is 392 g/mol. The highest BCUT2D eigenvalue weighted by atomic mass is 16.6. The molecule has 0 atom stereocenters. The van der Waals surface area contributed by atoms with E-state index in [9.17, 15) is 4.79 Å². The van der Waals surface area contributed by atoms with E-state index in [0.29, 0.717) is 19.0 Å². The van der Waals surface area contributed by atoms with Gasteiger partial charge in [0, 0.05) is 17.7 Å². The molecular formula is C22H24N4O3. The predicted molar refractivity (Wildman–Crippen MR) is 110 cm³/mol. The van der Waals surface area contributed by atoms with E-state index < -0.39 is 0 Å². The van der Waals surface area contributed by atoms with Crippen molar-refractivity contribution in [3.05, 3.63) is 48.3 Å². The number of hydrogen-bond acceptors (Lipinski definition) is 5. The fraction of sp³-hybridized carbons (Fsp3) is 0.364. The van der Waals surface area contributed by atoms with Gasteiger partial charge in [-0.05, 0) is 50.2 Å². The molecule has 1 saturated heterocycles. The van der Waals surface area contributed by atoms with E-state index in [0.717, 1.165) is 60.8 Å². The van der Waals surface area contributed by atoms with Gasteiger partial charge in [0.25, 0.3) is 0 Å². The predicted octanol–water partition coefficient (Wildman–Crippen LogP) is 3.18. The molecule has 150 valence electrons. The molecule has 0 saturated carbocycles. The van der Waals surface area contributed by atoms with Gasteiger partial charge in [0.2, 0.25) is 5.91 Å². The Morgan fingerprint density at radius 3 is 2.72 bits per heavy atom. The SMILES string of the molecule is O=C(Nc1ccc2c(c1)OCCO2)C1CCN(Cc2nc3ccccc3[nH]2)CC1. The first-order chi connectivity index (χ1) is 14.2. The summed E-state index contributed by atoms with van der Waals surface area (Å²) in [5.41, 5.74) is 2.82. The lowest BCUT2D eigenvalue weighted by Crippen LogP contribution is -2.38. The van der Waals surface area contributed by atoms with Crippen molar-refractivity contribution in [3.63, 3.8) is 0 Å². The average Bonchev–Trinajstić information content (AvgIpc) is 3.16. The number of aromatic amines is 1. The summed E-state index contributed by atoms with van der Waals surface area (Å²) in [6.07, 6.45) is 1.69. The van der Waals surface area contributed by atoms with E-state index in [-0.39, 0.29) is 11.8 Å². The summed E-state index contributed by atoms with van der Waals surface area (Å²) < 4.78 is 11.1. The van der Waals surface area contributed by atoms with Crippen LogP contribution in [0.4, 0.5) is 5.69 Å². The van der Waals surface area contributed by atoms with E-state index in [4.69, 9.17) is 9.47 Å². The minimum Gasteiger partial charge on any atom is -0.486 e. The Morgan fingerprint density at radius 2 is 1.90 bits per heavy atom.